The van der Waals surface area contributed by atoms with Crippen LogP contribution in [0.2, 0.25) is 0 Å². The van der Waals surface area contributed by atoms with Crippen LogP contribution in [-0.2, 0) is 0 Å². The summed E-state index contributed by atoms with van der Waals surface area (Å²) in [6.07, 6.45) is 7.59. The maximum Gasteiger partial charge on any atom is 0.138 e. The van der Waals surface area contributed by atoms with Crippen LogP contribution >= 0.6 is 0 Å². The van der Waals surface area contributed by atoms with Crippen LogP contribution in [0.25, 0.3) is 28.1 Å². The predicted molar refractivity (Wildman–Crippen MR) is 161 cm³/mol. The average molecular weight is 519 g/mol. The van der Waals surface area contributed by atoms with Gasteiger partial charge < -0.3 is 15.2 Å². The lowest BCUT2D eigenvalue weighted by atomic mass is 9.88. The Morgan fingerprint density at radius 1 is 1.10 bits per heavy atom. The van der Waals surface area contributed by atoms with Gasteiger partial charge in [-0.3, -0.25) is 0 Å². The molecule has 5 rings (SSSR count). The molecule has 1 fully saturated rings. The molecule has 3 heterocycles. The van der Waals surface area contributed by atoms with Crippen molar-refractivity contribution in [2.24, 2.45) is 0 Å². The van der Waals surface area contributed by atoms with Gasteiger partial charge in [-0.25, -0.2) is 9.97 Å². The van der Waals surface area contributed by atoms with Crippen molar-refractivity contribution in [2.45, 2.75) is 58.8 Å². The summed E-state index contributed by atoms with van der Waals surface area (Å²) in [6, 6.07) is 16.8. The molecule has 0 saturated carbocycles. The molecule has 2 aromatic heterocycles. The number of nitrogens with zero attached hydrogens (tertiary/aromatic N) is 4. The van der Waals surface area contributed by atoms with Gasteiger partial charge in [0.05, 0.1) is 28.9 Å². The summed E-state index contributed by atoms with van der Waals surface area (Å²) >= 11 is 0. The van der Waals surface area contributed by atoms with E-state index in [1.54, 1.807) is 0 Å². The minimum Gasteiger partial charge on any atom is -0.371 e. The Balaban J connectivity index is 1.32. The van der Waals surface area contributed by atoms with Gasteiger partial charge in [-0.05, 0) is 73.9 Å². The van der Waals surface area contributed by atoms with Crippen molar-refractivity contribution in [1.82, 2.24) is 19.9 Å². The number of piperidine rings is 1. The molecule has 4 aromatic rings. The number of unbranched alkanes of at least 4 members (excludes halogenated alkanes) is 2. The summed E-state index contributed by atoms with van der Waals surface area (Å²) in [5.74, 6) is 2.25. The van der Waals surface area contributed by atoms with Crippen LogP contribution in [0, 0.1) is 25.2 Å². The van der Waals surface area contributed by atoms with Crippen LogP contribution in [0.4, 0.5) is 5.82 Å². The number of likely N-dealkylation sites (tertiary alicyclic amines) is 1. The van der Waals surface area contributed by atoms with E-state index in [0.29, 0.717) is 5.92 Å². The summed E-state index contributed by atoms with van der Waals surface area (Å²) in [5, 5.41) is 12.5. The highest BCUT2D eigenvalue weighted by Crippen LogP contribution is 2.35. The fraction of sp³-hybridized carbons (Fsp3) is 0.364. The first-order valence-corrected chi connectivity index (χ1v) is 14.1. The summed E-state index contributed by atoms with van der Waals surface area (Å²) < 4.78 is 0. The monoisotopic (exact) mass is 518 g/mol. The Morgan fingerprint density at radius 3 is 2.59 bits per heavy atom. The molecule has 0 radical (unpaired) electrons. The van der Waals surface area contributed by atoms with E-state index in [4.69, 9.17) is 10.2 Å². The number of anilines is 1. The topological polar surface area (TPSA) is 80.6 Å². The first-order chi connectivity index (χ1) is 19.0. The van der Waals surface area contributed by atoms with E-state index in [0.717, 1.165) is 78.4 Å². The number of rotatable bonds is 9. The summed E-state index contributed by atoms with van der Waals surface area (Å²) in [7, 11) is 0. The van der Waals surface area contributed by atoms with Crippen LogP contribution in [0.5, 0.6) is 0 Å². The number of nitriles is 1. The fourth-order valence-corrected chi connectivity index (χ4v) is 5.63. The highest BCUT2D eigenvalue weighted by Gasteiger charge is 2.23. The molecule has 1 aliphatic heterocycles. The van der Waals surface area contributed by atoms with Crippen LogP contribution in [-0.4, -0.2) is 39.5 Å². The van der Waals surface area contributed by atoms with Crippen LogP contribution in [0.15, 0.2) is 55.2 Å². The van der Waals surface area contributed by atoms with Crippen molar-refractivity contribution in [3.8, 4) is 17.5 Å². The molecule has 0 bridgehead atoms. The number of hydrogen-bond donors (Lipinski definition) is 2. The Kier molecular flexibility index (Phi) is 7.97. The molecule has 0 aliphatic carbocycles. The summed E-state index contributed by atoms with van der Waals surface area (Å²) in [4.78, 5) is 15.4. The molecule has 0 spiro atoms. The number of hydrogen-bond acceptors (Lipinski definition) is 5. The third-order valence-corrected chi connectivity index (χ3v) is 7.98. The minimum atomic E-state index is 0.520. The van der Waals surface area contributed by atoms with E-state index in [9.17, 15) is 0 Å². The lowest BCUT2D eigenvalue weighted by molar-refractivity contribution is 0.299. The zero-order chi connectivity index (χ0) is 27.4. The molecule has 1 aliphatic rings. The number of aryl methyl sites for hydroxylation is 2. The molecular weight excluding hydrogens is 480 g/mol. The number of imidazole rings is 1. The zero-order valence-corrected chi connectivity index (χ0v) is 23.3. The molecule has 2 aromatic carbocycles. The zero-order valence-electron chi connectivity index (χ0n) is 23.3. The third kappa shape index (κ3) is 5.83. The van der Waals surface area contributed by atoms with Gasteiger partial charge >= 0.3 is 0 Å². The molecule has 0 amide bonds. The number of H-pyrrole nitrogens is 1. The molecule has 6 heteroatoms. The smallest absolute Gasteiger partial charge is 0.138 e. The van der Waals surface area contributed by atoms with E-state index in [1.165, 1.54) is 35.1 Å². The van der Waals surface area contributed by atoms with E-state index in [1.807, 2.05) is 24.4 Å². The molecule has 39 heavy (non-hydrogen) atoms. The Morgan fingerprint density at radius 2 is 1.87 bits per heavy atom. The van der Waals surface area contributed by atoms with E-state index >= 15 is 0 Å². The molecular formula is C33H38N6. The maximum atomic E-state index is 9.09. The quantitative estimate of drug-likeness (QED) is 0.223. The highest BCUT2D eigenvalue weighted by atomic mass is 15.1. The van der Waals surface area contributed by atoms with Crippen LogP contribution < -0.4 is 5.32 Å². The largest absolute Gasteiger partial charge is 0.371 e. The number of fused-ring (bicyclic) bond motifs is 1. The van der Waals surface area contributed by atoms with Gasteiger partial charge in [0.1, 0.15) is 11.6 Å². The Bertz CT molecular complexity index is 1500. The standard InChI is InChI=1S/C33H38N6/c1-5-6-7-14-35-32-19-30-31(21-36-32)38-33(37-30)29-18-28(22(2)17-23(29)3)24(4)39-15-12-27(13-16-39)26-10-8-25(20-34)9-11-26/h8-11,17-19,21,27H,4-7,12-16H2,1-3H3,(H,35,36)(H,37,38). The lowest BCUT2D eigenvalue weighted by Crippen LogP contribution is -2.31. The van der Waals surface area contributed by atoms with E-state index in [2.05, 4.69) is 77.9 Å². The number of pyridine rings is 1. The number of aromatic amines is 1. The summed E-state index contributed by atoms with van der Waals surface area (Å²) in [6.45, 7) is 13.9. The molecule has 0 unspecified atom stereocenters. The van der Waals surface area contributed by atoms with Crippen molar-refractivity contribution in [2.75, 3.05) is 25.0 Å². The second-order valence-electron chi connectivity index (χ2n) is 10.7. The highest BCUT2D eigenvalue weighted by molar-refractivity contribution is 5.82. The van der Waals surface area contributed by atoms with Gasteiger partial charge in [-0.1, -0.05) is 44.5 Å². The second kappa shape index (κ2) is 11.7. The van der Waals surface area contributed by atoms with Crippen molar-refractivity contribution < 1.29 is 0 Å². The Hall–Kier alpha value is -4.11. The third-order valence-electron chi connectivity index (χ3n) is 7.98. The molecule has 2 N–H and O–H groups in total. The van der Waals surface area contributed by atoms with Crippen LogP contribution in [0.3, 0.4) is 0 Å². The van der Waals surface area contributed by atoms with Gasteiger partial charge in [0.25, 0.3) is 0 Å². The SMILES string of the molecule is C=C(c1cc(-c2nc3cc(NCCCCC)ncc3[nH]2)c(C)cc1C)N1CCC(c2ccc(C#N)cc2)CC1. The number of benzene rings is 2. The number of aromatic nitrogens is 3. The van der Waals surface area contributed by atoms with Gasteiger partial charge in [-0.15, -0.1) is 0 Å². The molecule has 6 nitrogen and oxygen atoms in total. The minimum absolute atomic E-state index is 0.520. The van der Waals surface area contributed by atoms with Crippen molar-refractivity contribution in [3.05, 3.63) is 83.1 Å². The van der Waals surface area contributed by atoms with Crippen molar-refractivity contribution in [3.63, 3.8) is 0 Å². The van der Waals surface area contributed by atoms with Gasteiger partial charge in [0.2, 0.25) is 0 Å². The van der Waals surface area contributed by atoms with Crippen molar-refractivity contribution >= 4 is 22.5 Å². The van der Waals surface area contributed by atoms with Crippen molar-refractivity contribution in [1.29, 1.82) is 5.26 Å². The summed E-state index contributed by atoms with van der Waals surface area (Å²) in [5.41, 5.74) is 9.66. The molecule has 1 saturated heterocycles. The number of nitrogens with one attached hydrogen (secondary N) is 2. The average Bonchev–Trinajstić information content (AvgIpc) is 3.38. The van der Waals surface area contributed by atoms with Gasteiger partial charge in [0, 0.05) is 42.5 Å². The first kappa shape index (κ1) is 26.5. The fourth-order valence-electron chi connectivity index (χ4n) is 5.63. The van der Waals surface area contributed by atoms with E-state index in [-0.39, 0.29) is 0 Å². The molecule has 200 valence electrons. The predicted octanol–water partition coefficient (Wildman–Crippen LogP) is 7.57. The maximum absolute atomic E-state index is 9.09. The lowest BCUT2D eigenvalue weighted by Gasteiger charge is -2.35. The Labute approximate surface area is 231 Å². The second-order valence-corrected chi connectivity index (χ2v) is 10.7. The van der Waals surface area contributed by atoms with E-state index < -0.39 is 0 Å². The first-order valence-electron chi connectivity index (χ1n) is 14.1. The molecule has 0 atom stereocenters. The van der Waals surface area contributed by atoms with Gasteiger partial charge in [-0.2, -0.15) is 5.26 Å². The van der Waals surface area contributed by atoms with Crippen LogP contribution in [0.1, 0.15) is 72.8 Å². The van der Waals surface area contributed by atoms with Gasteiger partial charge in [0.15, 0.2) is 0 Å². The normalized spacial score (nSPS) is 13.9.